The summed E-state index contributed by atoms with van der Waals surface area (Å²) in [5, 5.41) is 13.3. The van der Waals surface area contributed by atoms with Crippen molar-refractivity contribution in [2.24, 2.45) is 0 Å². The number of nitro groups is 1. The van der Waals surface area contributed by atoms with Crippen LogP contribution in [-0.2, 0) is 9.59 Å². The molecule has 1 aliphatic rings. The van der Waals surface area contributed by atoms with E-state index in [9.17, 15) is 24.5 Å². The predicted molar refractivity (Wildman–Crippen MR) is 144 cm³/mol. The lowest BCUT2D eigenvalue weighted by Gasteiger charge is -2.26. The molecule has 0 saturated carbocycles. The van der Waals surface area contributed by atoms with Gasteiger partial charge in [-0.3, -0.25) is 25.0 Å². The second kappa shape index (κ2) is 13.6. The summed E-state index contributed by atoms with van der Waals surface area (Å²) in [6.45, 7) is 4.79. The molecule has 1 N–H and O–H groups in total. The van der Waals surface area contributed by atoms with Gasteiger partial charge in [-0.05, 0) is 49.2 Å². The van der Waals surface area contributed by atoms with Crippen LogP contribution in [0.2, 0.25) is 5.02 Å². The molecule has 1 saturated heterocycles. The molecular weight excluding hydrogens is 514 g/mol. The summed E-state index contributed by atoms with van der Waals surface area (Å²) < 4.78 is 11.6. The standard InChI is InChI=1S/C27H30ClN3O7/c1-3-5-6-7-8-9-14-38-24-22(28)16-18(17-23(24)37-4-2)15-21-25(32)29-27(34)30(26(21)33)19-10-12-20(13-11-19)31(35)36/h10-13,15-17H,3-9,14H2,1-2H3,(H,29,32,34)/b21-15-. The molecule has 0 aliphatic carbocycles. The van der Waals surface area contributed by atoms with Gasteiger partial charge < -0.3 is 9.47 Å². The summed E-state index contributed by atoms with van der Waals surface area (Å²) in [4.78, 5) is 49.2. The lowest BCUT2D eigenvalue weighted by atomic mass is 10.1. The Labute approximate surface area is 225 Å². The van der Waals surface area contributed by atoms with Crippen molar-refractivity contribution in [3.8, 4) is 11.5 Å². The first-order valence-electron chi connectivity index (χ1n) is 12.5. The minimum Gasteiger partial charge on any atom is -0.490 e. The number of hydrogen-bond acceptors (Lipinski definition) is 7. The zero-order valence-corrected chi connectivity index (χ0v) is 22.1. The number of unbranched alkanes of at least 4 members (excludes halogenated alkanes) is 5. The van der Waals surface area contributed by atoms with Crippen molar-refractivity contribution in [2.75, 3.05) is 18.1 Å². The van der Waals surface area contributed by atoms with Gasteiger partial charge in [-0.15, -0.1) is 0 Å². The maximum absolute atomic E-state index is 13.2. The summed E-state index contributed by atoms with van der Waals surface area (Å²) in [5.41, 5.74) is -0.0607. The van der Waals surface area contributed by atoms with Crippen LogP contribution in [0.15, 0.2) is 42.0 Å². The molecule has 1 aliphatic heterocycles. The van der Waals surface area contributed by atoms with Crippen molar-refractivity contribution >= 4 is 46.9 Å². The van der Waals surface area contributed by atoms with E-state index >= 15 is 0 Å². The Morgan fingerprint density at radius 1 is 1.00 bits per heavy atom. The number of benzene rings is 2. The lowest BCUT2D eigenvalue weighted by Crippen LogP contribution is -2.54. The first-order chi connectivity index (χ1) is 18.3. The summed E-state index contributed by atoms with van der Waals surface area (Å²) >= 11 is 6.49. The molecular formula is C27H30ClN3O7. The quantitative estimate of drug-likeness (QED) is 0.107. The van der Waals surface area contributed by atoms with Gasteiger partial charge >= 0.3 is 6.03 Å². The number of nitrogens with zero attached hydrogens (tertiary/aromatic N) is 2. The third kappa shape index (κ3) is 7.10. The van der Waals surface area contributed by atoms with Crippen molar-refractivity contribution in [2.45, 2.75) is 52.4 Å². The molecule has 11 heteroatoms. The maximum atomic E-state index is 13.2. The maximum Gasteiger partial charge on any atom is 0.335 e. The number of nitro benzene ring substituents is 1. The second-order valence-corrected chi connectivity index (χ2v) is 9.02. The molecule has 3 rings (SSSR count). The molecule has 0 unspecified atom stereocenters. The second-order valence-electron chi connectivity index (χ2n) is 8.61. The Kier molecular flexibility index (Phi) is 10.2. The average Bonchev–Trinajstić information content (AvgIpc) is 2.87. The highest BCUT2D eigenvalue weighted by Crippen LogP contribution is 2.38. The number of imide groups is 2. The number of nitrogens with one attached hydrogen (secondary N) is 1. The number of carbonyl (C=O) groups is 3. The van der Waals surface area contributed by atoms with E-state index in [1.54, 1.807) is 12.1 Å². The number of carbonyl (C=O) groups excluding carboxylic acids is 3. The van der Waals surface area contributed by atoms with Crippen molar-refractivity contribution in [1.82, 2.24) is 5.32 Å². The van der Waals surface area contributed by atoms with Gasteiger partial charge in [0.05, 0.1) is 28.8 Å². The van der Waals surface area contributed by atoms with Gasteiger partial charge in [0.1, 0.15) is 5.57 Å². The minimum absolute atomic E-state index is 0.0722. The van der Waals surface area contributed by atoms with Gasteiger partial charge in [0, 0.05) is 12.1 Å². The number of barbiturate groups is 1. The smallest absolute Gasteiger partial charge is 0.335 e. The van der Waals surface area contributed by atoms with Crippen LogP contribution in [0.1, 0.15) is 57.9 Å². The molecule has 0 spiro atoms. The number of non-ortho nitro benzene ring substituents is 1. The highest BCUT2D eigenvalue weighted by Gasteiger charge is 2.37. The van der Waals surface area contributed by atoms with Crippen molar-refractivity contribution in [3.05, 3.63) is 62.7 Å². The van der Waals surface area contributed by atoms with E-state index in [0.717, 1.165) is 36.3 Å². The summed E-state index contributed by atoms with van der Waals surface area (Å²) in [5.74, 6) is -1.02. The zero-order chi connectivity index (χ0) is 27.7. The number of anilines is 1. The highest BCUT2D eigenvalue weighted by atomic mass is 35.5. The lowest BCUT2D eigenvalue weighted by molar-refractivity contribution is -0.384. The Hall–Kier alpha value is -3.92. The number of hydrogen-bond donors (Lipinski definition) is 1. The first-order valence-corrected chi connectivity index (χ1v) is 12.9. The van der Waals surface area contributed by atoms with Crippen molar-refractivity contribution in [3.63, 3.8) is 0 Å². The SMILES string of the molecule is CCCCCCCCOc1c(Cl)cc(/C=C2/C(=O)NC(=O)N(c3ccc([N+](=O)[O-])cc3)C2=O)cc1OCC. The van der Waals surface area contributed by atoms with Crippen molar-refractivity contribution < 1.29 is 28.8 Å². The average molecular weight is 544 g/mol. The van der Waals surface area contributed by atoms with E-state index in [1.165, 1.54) is 37.5 Å². The summed E-state index contributed by atoms with van der Waals surface area (Å²) in [6.07, 6.45) is 7.97. The van der Waals surface area contributed by atoms with Gasteiger partial charge in [-0.1, -0.05) is 50.6 Å². The zero-order valence-electron chi connectivity index (χ0n) is 21.3. The first kappa shape index (κ1) is 28.6. The van der Waals surface area contributed by atoms with E-state index in [4.69, 9.17) is 21.1 Å². The Bertz CT molecular complexity index is 1230. The van der Waals surface area contributed by atoms with Crippen LogP contribution in [0.5, 0.6) is 11.5 Å². The van der Waals surface area contributed by atoms with Crippen molar-refractivity contribution in [1.29, 1.82) is 0 Å². The van der Waals surface area contributed by atoms with E-state index < -0.39 is 22.8 Å². The Morgan fingerprint density at radius 2 is 1.68 bits per heavy atom. The van der Waals surface area contributed by atoms with Crippen LogP contribution >= 0.6 is 11.6 Å². The molecule has 0 atom stereocenters. The third-order valence-electron chi connectivity index (χ3n) is 5.81. The van der Waals surface area contributed by atoms with E-state index in [2.05, 4.69) is 12.2 Å². The Morgan fingerprint density at radius 3 is 2.34 bits per heavy atom. The normalized spacial score (nSPS) is 14.6. The minimum atomic E-state index is -0.961. The predicted octanol–water partition coefficient (Wildman–Crippen LogP) is 6.05. The molecule has 2 aromatic carbocycles. The number of rotatable bonds is 13. The number of amides is 4. The fourth-order valence-electron chi connectivity index (χ4n) is 3.91. The van der Waals surface area contributed by atoms with Gasteiger partial charge in [0.2, 0.25) is 0 Å². The van der Waals surface area contributed by atoms with Crippen LogP contribution in [0.4, 0.5) is 16.2 Å². The van der Waals surface area contributed by atoms with Gasteiger partial charge in [0.25, 0.3) is 17.5 Å². The van der Waals surface area contributed by atoms with E-state index in [0.29, 0.717) is 30.3 Å². The highest BCUT2D eigenvalue weighted by molar-refractivity contribution is 6.39. The van der Waals surface area contributed by atoms with Crippen LogP contribution in [0, 0.1) is 10.1 Å². The number of urea groups is 1. The molecule has 0 bridgehead atoms. The molecule has 0 radical (unpaired) electrons. The van der Waals surface area contributed by atoms with Crippen LogP contribution in [-0.4, -0.2) is 36.0 Å². The van der Waals surface area contributed by atoms with Crippen LogP contribution in [0.3, 0.4) is 0 Å². The molecule has 4 amide bonds. The third-order valence-corrected chi connectivity index (χ3v) is 6.09. The topological polar surface area (TPSA) is 128 Å². The molecule has 2 aromatic rings. The fraction of sp³-hybridized carbons (Fsp3) is 0.370. The fourth-order valence-corrected chi connectivity index (χ4v) is 4.19. The molecule has 38 heavy (non-hydrogen) atoms. The molecule has 10 nitrogen and oxygen atoms in total. The Balaban J connectivity index is 1.82. The number of halogens is 1. The van der Waals surface area contributed by atoms with Crippen LogP contribution in [0.25, 0.3) is 6.08 Å². The molecule has 202 valence electrons. The molecule has 1 fully saturated rings. The van der Waals surface area contributed by atoms with Crippen LogP contribution < -0.4 is 19.7 Å². The van der Waals surface area contributed by atoms with Gasteiger partial charge in [0.15, 0.2) is 11.5 Å². The monoisotopic (exact) mass is 543 g/mol. The summed E-state index contributed by atoms with van der Waals surface area (Å²) in [6, 6.07) is 7.01. The van der Waals surface area contributed by atoms with E-state index in [1.807, 2.05) is 6.92 Å². The van der Waals surface area contributed by atoms with Gasteiger partial charge in [-0.25, -0.2) is 9.69 Å². The number of ether oxygens (including phenoxy) is 2. The molecule has 1 heterocycles. The molecule has 0 aromatic heterocycles. The largest absolute Gasteiger partial charge is 0.490 e. The van der Waals surface area contributed by atoms with Gasteiger partial charge in [-0.2, -0.15) is 0 Å². The summed E-state index contributed by atoms with van der Waals surface area (Å²) in [7, 11) is 0. The van der Waals surface area contributed by atoms with E-state index in [-0.39, 0.29) is 22.0 Å².